The van der Waals surface area contributed by atoms with Crippen LogP contribution in [0.25, 0.3) is 11.0 Å². The summed E-state index contributed by atoms with van der Waals surface area (Å²) < 4.78 is 0. The Balaban J connectivity index is 2.83. The second-order valence-electron chi connectivity index (χ2n) is 2.97. The molecule has 0 aliphatic carbocycles. The van der Waals surface area contributed by atoms with Crippen molar-refractivity contribution in [2.45, 2.75) is 0 Å². The summed E-state index contributed by atoms with van der Waals surface area (Å²) in [5.41, 5.74) is -0.829. The average molecular weight is 206 g/mol. The van der Waals surface area contributed by atoms with Gasteiger partial charge in [0.2, 0.25) is 0 Å². The van der Waals surface area contributed by atoms with Crippen molar-refractivity contribution in [3.63, 3.8) is 0 Å². The normalized spacial score (nSPS) is 10.4. The number of rotatable bonds is 1. The van der Waals surface area contributed by atoms with E-state index >= 15 is 0 Å². The molecule has 2 aromatic rings. The van der Waals surface area contributed by atoms with Crippen LogP contribution in [0, 0.1) is 0 Å². The van der Waals surface area contributed by atoms with Gasteiger partial charge in [-0.3, -0.25) is 9.59 Å². The van der Waals surface area contributed by atoms with Crippen LogP contribution in [0.3, 0.4) is 0 Å². The van der Waals surface area contributed by atoms with Gasteiger partial charge >= 0.3 is 17.1 Å². The van der Waals surface area contributed by atoms with Crippen molar-refractivity contribution < 1.29 is 9.90 Å². The number of aromatic nitrogens is 2. The number of nitrogens with one attached hydrogen (secondary N) is 2. The molecule has 1 aromatic heterocycles. The SMILES string of the molecule is O=C(O)c1ccc2[nH]c(=O)c(=O)[nH]c2c1. The highest BCUT2D eigenvalue weighted by Crippen LogP contribution is 2.08. The van der Waals surface area contributed by atoms with E-state index in [0.29, 0.717) is 11.0 Å². The van der Waals surface area contributed by atoms with Crippen LogP contribution in [0.2, 0.25) is 0 Å². The zero-order chi connectivity index (χ0) is 11.0. The molecule has 0 aliphatic heterocycles. The lowest BCUT2D eigenvalue weighted by molar-refractivity contribution is 0.0697. The van der Waals surface area contributed by atoms with E-state index in [1.807, 2.05) is 0 Å². The molecule has 0 saturated carbocycles. The van der Waals surface area contributed by atoms with Gasteiger partial charge in [0, 0.05) is 0 Å². The van der Waals surface area contributed by atoms with E-state index in [4.69, 9.17) is 5.11 Å². The van der Waals surface area contributed by atoms with Crippen molar-refractivity contribution in [3.05, 3.63) is 44.5 Å². The number of fused-ring (bicyclic) bond motifs is 1. The zero-order valence-corrected chi connectivity index (χ0v) is 7.40. The number of carboxylic acids is 1. The Morgan fingerprint density at radius 3 is 2.27 bits per heavy atom. The number of hydrogen-bond donors (Lipinski definition) is 3. The number of aromatic carboxylic acids is 1. The van der Waals surface area contributed by atoms with Gasteiger partial charge in [0.1, 0.15) is 0 Å². The molecule has 0 atom stereocenters. The van der Waals surface area contributed by atoms with E-state index in [-0.39, 0.29) is 5.56 Å². The van der Waals surface area contributed by atoms with E-state index in [2.05, 4.69) is 9.97 Å². The highest BCUT2D eigenvalue weighted by atomic mass is 16.4. The summed E-state index contributed by atoms with van der Waals surface area (Å²) >= 11 is 0. The van der Waals surface area contributed by atoms with Crippen LogP contribution < -0.4 is 11.1 Å². The molecule has 1 aromatic carbocycles. The molecule has 0 saturated heterocycles. The Hall–Kier alpha value is -2.37. The minimum atomic E-state index is -1.09. The lowest BCUT2D eigenvalue weighted by Gasteiger charge is -1.98. The van der Waals surface area contributed by atoms with Crippen molar-refractivity contribution in [2.75, 3.05) is 0 Å². The minimum absolute atomic E-state index is 0.0465. The smallest absolute Gasteiger partial charge is 0.335 e. The minimum Gasteiger partial charge on any atom is -0.478 e. The lowest BCUT2D eigenvalue weighted by Crippen LogP contribution is -2.28. The highest BCUT2D eigenvalue weighted by Gasteiger charge is 2.05. The summed E-state index contributed by atoms with van der Waals surface area (Å²) in [5.74, 6) is -1.09. The molecule has 0 aliphatic rings. The summed E-state index contributed by atoms with van der Waals surface area (Å²) in [5, 5.41) is 8.70. The van der Waals surface area contributed by atoms with Crippen molar-refractivity contribution in [1.82, 2.24) is 9.97 Å². The van der Waals surface area contributed by atoms with Crippen LogP contribution in [0.4, 0.5) is 0 Å². The Labute approximate surface area is 82.2 Å². The molecule has 0 spiro atoms. The summed E-state index contributed by atoms with van der Waals surface area (Å²) in [7, 11) is 0. The first-order chi connectivity index (χ1) is 7.08. The third-order valence-electron chi connectivity index (χ3n) is 1.97. The second-order valence-corrected chi connectivity index (χ2v) is 2.97. The van der Waals surface area contributed by atoms with E-state index in [1.165, 1.54) is 18.2 Å². The first kappa shape index (κ1) is 9.20. The second kappa shape index (κ2) is 3.09. The number of H-pyrrole nitrogens is 2. The van der Waals surface area contributed by atoms with Gasteiger partial charge in [-0.25, -0.2) is 4.79 Å². The van der Waals surface area contributed by atoms with Gasteiger partial charge in [0.25, 0.3) is 0 Å². The van der Waals surface area contributed by atoms with Crippen LogP contribution in [0.1, 0.15) is 10.4 Å². The number of aromatic amines is 2. The lowest BCUT2D eigenvalue weighted by atomic mass is 10.2. The van der Waals surface area contributed by atoms with Gasteiger partial charge in [-0.05, 0) is 18.2 Å². The zero-order valence-electron chi connectivity index (χ0n) is 7.40. The Morgan fingerprint density at radius 1 is 1.07 bits per heavy atom. The van der Waals surface area contributed by atoms with E-state index in [0.717, 1.165) is 0 Å². The molecule has 6 heteroatoms. The van der Waals surface area contributed by atoms with E-state index in [9.17, 15) is 14.4 Å². The van der Waals surface area contributed by atoms with Crippen LogP contribution in [0.15, 0.2) is 27.8 Å². The van der Waals surface area contributed by atoms with Gasteiger partial charge in [-0.2, -0.15) is 0 Å². The molecule has 76 valence electrons. The fourth-order valence-electron chi connectivity index (χ4n) is 1.25. The van der Waals surface area contributed by atoms with Crippen molar-refractivity contribution in [3.8, 4) is 0 Å². The van der Waals surface area contributed by atoms with E-state index < -0.39 is 17.1 Å². The van der Waals surface area contributed by atoms with Crippen molar-refractivity contribution >= 4 is 17.0 Å². The third kappa shape index (κ3) is 1.52. The van der Waals surface area contributed by atoms with Crippen LogP contribution >= 0.6 is 0 Å². The monoisotopic (exact) mass is 206 g/mol. The predicted octanol–water partition coefficient (Wildman–Crippen LogP) is -0.0854. The van der Waals surface area contributed by atoms with E-state index in [1.54, 1.807) is 0 Å². The van der Waals surface area contributed by atoms with Gasteiger partial charge in [0.05, 0.1) is 16.6 Å². The largest absolute Gasteiger partial charge is 0.478 e. The summed E-state index contributed by atoms with van der Waals surface area (Å²) in [6.07, 6.45) is 0. The maximum absolute atomic E-state index is 11.0. The van der Waals surface area contributed by atoms with Gasteiger partial charge in [-0.15, -0.1) is 0 Å². The number of benzene rings is 1. The van der Waals surface area contributed by atoms with Crippen molar-refractivity contribution in [1.29, 1.82) is 0 Å². The molecule has 1 heterocycles. The Morgan fingerprint density at radius 2 is 1.67 bits per heavy atom. The summed E-state index contributed by atoms with van der Waals surface area (Å²) in [6.45, 7) is 0. The molecule has 0 fully saturated rings. The topological polar surface area (TPSA) is 103 Å². The standard InChI is InChI=1S/C9H6N2O4/c12-7-8(13)11-6-3-4(9(14)15)1-2-5(6)10-7/h1-3H,(H,10,12)(H,11,13)(H,14,15). The fraction of sp³-hybridized carbons (Fsp3) is 0. The quantitative estimate of drug-likeness (QED) is 0.567. The van der Waals surface area contributed by atoms with Crippen LogP contribution in [-0.2, 0) is 0 Å². The highest BCUT2D eigenvalue weighted by molar-refractivity contribution is 5.91. The molecule has 0 bridgehead atoms. The predicted molar refractivity (Wildman–Crippen MR) is 52.1 cm³/mol. The summed E-state index contributed by atoms with van der Waals surface area (Å²) in [6, 6.07) is 4.06. The molecule has 0 unspecified atom stereocenters. The Bertz CT molecular complexity index is 653. The Kier molecular flexibility index (Phi) is 1.89. The number of carboxylic acid groups (broad SMARTS) is 1. The third-order valence-corrected chi connectivity index (χ3v) is 1.97. The molecule has 3 N–H and O–H groups in total. The first-order valence-corrected chi connectivity index (χ1v) is 4.07. The molecular formula is C9H6N2O4. The van der Waals surface area contributed by atoms with Crippen molar-refractivity contribution in [2.24, 2.45) is 0 Å². The molecule has 15 heavy (non-hydrogen) atoms. The number of hydrogen-bond acceptors (Lipinski definition) is 3. The maximum atomic E-state index is 11.0. The first-order valence-electron chi connectivity index (χ1n) is 4.07. The molecule has 0 radical (unpaired) electrons. The molecule has 0 amide bonds. The average Bonchev–Trinajstić information content (AvgIpc) is 2.19. The van der Waals surface area contributed by atoms with Gasteiger partial charge in [-0.1, -0.05) is 0 Å². The van der Waals surface area contributed by atoms with Crippen LogP contribution in [0.5, 0.6) is 0 Å². The molecule has 2 rings (SSSR count). The van der Waals surface area contributed by atoms with Gasteiger partial charge in [0.15, 0.2) is 0 Å². The van der Waals surface area contributed by atoms with Gasteiger partial charge < -0.3 is 15.1 Å². The maximum Gasteiger partial charge on any atom is 0.335 e. The molecular weight excluding hydrogens is 200 g/mol. The number of carbonyl (C=O) groups is 1. The summed E-state index contributed by atoms with van der Waals surface area (Å²) in [4.78, 5) is 37.2. The van der Waals surface area contributed by atoms with Crippen LogP contribution in [-0.4, -0.2) is 21.0 Å². The fourth-order valence-corrected chi connectivity index (χ4v) is 1.25. The molecule has 6 nitrogen and oxygen atoms in total.